The topological polar surface area (TPSA) is 185 Å². The summed E-state index contributed by atoms with van der Waals surface area (Å²) in [5.74, 6) is -4.43. The summed E-state index contributed by atoms with van der Waals surface area (Å²) in [6, 6.07) is 1.76. The first kappa shape index (κ1) is 25.9. The molecule has 35 heavy (non-hydrogen) atoms. The maximum atomic E-state index is 13.3. The van der Waals surface area contributed by atoms with Crippen LogP contribution in [0, 0.1) is 0 Å². The second-order valence-electron chi connectivity index (χ2n) is 8.77. The van der Waals surface area contributed by atoms with Crippen molar-refractivity contribution in [3.63, 3.8) is 0 Å². The van der Waals surface area contributed by atoms with E-state index in [9.17, 15) is 39.3 Å². The van der Waals surface area contributed by atoms with Gasteiger partial charge >= 0.3 is 11.9 Å². The van der Waals surface area contributed by atoms with Crippen LogP contribution in [-0.2, 0) is 30.4 Å². The maximum absolute atomic E-state index is 13.3. The molecule has 2 heterocycles. The number of nitrogens with zero attached hydrogens (tertiary/aromatic N) is 1. The van der Waals surface area contributed by atoms with Gasteiger partial charge in [-0.05, 0) is 49.9 Å². The summed E-state index contributed by atoms with van der Waals surface area (Å²) in [7, 11) is 0. The number of rotatable bonds is 10. The Morgan fingerprint density at radius 2 is 1.71 bits per heavy atom. The molecule has 3 amide bonds. The Morgan fingerprint density at radius 1 is 1.00 bits per heavy atom. The molecule has 12 nitrogen and oxygen atoms in total. The van der Waals surface area contributed by atoms with E-state index in [1.807, 2.05) is 0 Å². The number of likely N-dealkylation sites (tertiary alicyclic amines) is 1. The molecule has 190 valence electrons. The molecule has 1 aromatic carbocycles. The summed E-state index contributed by atoms with van der Waals surface area (Å²) < 4.78 is 0. The van der Waals surface area contributed by atoms with Gasteiger partial charge in [0.15, 0.2) is 0 Å². The zero-order chi connectivity index (χ0) is 25.5. The number of carboxylic acids is 2. The summed E-state index contributed by atoms with van der Waals surface area (Å²) in [5.41, 5.74) is 0.585. The number of hydrogen-bond donors (Lipinski definition) is 6. The number of phenols is 1. The van der Waals surface area contributed by atoms with Crippen LogP contribution in [0.25, 0.3) is 0 Å². The van der Waals surface area contributed by atoms with E-state index >= 15 is 0 Å². The van der Waals surface area contributed by atoms with E-state index in [1.54, 1.807) is 12.1 Å². The van der Waals surface area contributed by atoms with Crippen LogP contribution in [0.2, 0.25) is 0 Å². The van der Waals surface area contributed by atoms with Crippen molar-refractivity contribution in [1.29, 1.82) is 0 Å². The zero-order valence-corrected chi connectivity index (χ0v) is 19.1. The molecule has 2 saturated heterocycles. The van der Waals surface area contributed by atoms with Crippen LogP contribution in [0.3, 0.4) is 0 Å². The van der Waals surface area contributed by atoms with Gasteiger partial charge in [0.05, 0.1) is 12.5 Å². The average molecular weight is 491 g/mol. The first-order chi connectivity index (χ1) is 16.7. The van der Waals surface area contributed by atoms with Crippen molar-refractivity contribution in [2.45, 2.75) is 62.7 Å². The van der Waals surface area contributed by atoms with E-state index in [4.69, 9.17) is 0 Å². The number of carbonyl (C=O) groups is 5. The molecule has 0 aromatic heterocycles. The molecule has 4 unspecified atom stereocenters. The lowest BCUT2D eigenvalue weighted by molar-refractivity contribution is -0.149. The van der Waals surface area contributed by atoms with Gasteiger partial charge in [-0.2, -0.15) is 0 Å². The number of hydrogen-bond acceptors (Lipinski definition) is 7. The van der Waals surface area contributed by atoms with Crippen molar-refractivity contribution in [2.24, 2.45) is 0 Å². The Bertz CT molecular complexity index is 961. The molecule has 2 fully saturated rings. The molecule has 3 rings (SSSR count). The predicted molar refractivity (Wildman–Crippen MR) is 121 cm³/mol. The summed E-state index contributed by atoms with van der Waals surface area (Å²) in [6.45, 7) is 0.845. The molecule has 4 atom stereocenters. The number of carbonyl (C=O) groups excluding carboxylic acids is 3. The highest BCUT2D eigenvalue weighted by atomic mass is 16.4. The molecule has 12 heteroatoms. The first-order valence-corrected chi connectivity index (χ1v) is 11.5. The fourth-order valence-electron chi connectivity index (χ4n) is 4.39. The van der Waals surface area contributed by atoms with E-state index in [0.29, 0.717) is 24.9 Å². The van der Waals surface area contributed by atoms with Crippen LogP contribution >= 0.6 is 0 Å². The Labute approximate surface area is 201 Å². The normalized spacial score (nSPS) is 21.2. The number of benzene rings is 1. The van der Waals surface area contributed by atoms with Crippen LogP contribution in [0.4, 0.5) is 0 Å². The van der Waals surface area contributed by atoms with Crippen molar-refractivity contribution in [3.05, 3.63) is 29.8 Å². The third-order valence-corrected chi connectivity index (χ3v) is 6.20. The molecule has 2 aliphatic rings. The van der Waals surface area contributed by atoms with E-state index in [1.165, 1.54) is 17.0 Å². The maximum Gasteiger partial charge on any atom is 0.326 e. The van der Waals surface area contributed by atoms with Gasteiger partial charge in [-0.1, -0.05) is 12.1 Å². The number of phenolic OH excluding ortho intramolecular Hbond substituents is 1. The standard InChI is InChI=1S/C23H30N4O8/c28-14-7-5-13(6-8-14)11-17(22(33)27-10-2-4-18(27)23(34)35)26-21(32)16(12-19(29)30)25-20(31)15-3-1-9-24-15/h5-8,15-18,24,28H,1-4,9-12H2,(H,25,31)(H,26,32)(H,29,30)(H,34,35). The summed E-state index contributed by atoms with van der Waals surface area (Å²) in [5, 5.41) is 36.2. The second-order valence-corrected chi connectivity index (χ2v) is 8.77. The van der Waals surface area contributed by atoms with Crippen molar-refractivity contribution < 1.29 is 39.3 Å². The summed E-state index contributed by atoms with van der Waals surface area (Å²) in [4.78, 5) is 63.1. The van der Waals surface area contributed by atoms with Crippen molar-refractivity contribution >= 4 is 29.7 Å². The number of nitrogens with one attached hydrogen (secondary N) is 3. The number of amides is 3. The lowest BCUT2D eigenvalue weighted by Gasteiger charge is -2.29. The predicted octanol–water partition coefficient (Wildman–Crippen LogP) is -0.793. The van der Waals surface area contributed by atoms with Gasteiger partial charge < -0.3 is 36.2 Å². The number of carboxylic acid groups (broad SMARTS) is 2. The van der Waals surface area contributed by atoms with Crippen LogP contribution in [0.5, 0.6) is 5.75 Å². The number of aliphatic carboxylic acids is 2. The fraction of sp³-hybridized carbons (Fsp3) is 0.522. The van der Waals surface area contributed by atoms with Crippen LogP contribution in [0.1, 0.15) is 37.7 Å². The Morgan fingerprint density at radius 3 is 2.31 bits per heavy atom. The van der Waals surface area contributed by atoms with Crippen LogP contribution in [-0.4, -0.2) is 87.1 Å². The highest BCUT2D eigenvalue weighted by Gasteiger charge is 2.39. The summed E-state index contributed by atoms with van der Waals surface area (Å²) >= 11 is 0. The Kier molecular flexibility index (Phi) is 8.63. The first-order valence-electron chi connectivity index (χ1n) is 11.5. The van der Waals surface area contributed by atoms with Gasteiger partial charge in [0.2, 0.25) is 17.7 Å². The van der Waals surface area contributed by atoms with Gasteiger partial charge in [0.25, 0.3) is 0 Å². The lowest BCUT2D eigenvalue weighted by atomic mass is 10.0. The molecule has 0 radical (unpaired) electrons. The monoisotopic (exact) mass is 490 g/mol. The molecule has 0 aliphatic carbocycles. The van der Waals surface area contributed by atoms with Gasteiger partial charge in [-0.25, -0.2) is 4.79 Å². The molecular formula is C23H30N4O8. The third kappa shape index (κ3) is 6.92. The van der Waals surface area contributed by atoms with Crippen LogP contribution < -0.4 is 16.0 Å². The molecular weight excluding hydrogens is 460 g/mol. The average Bonchev–Trinajstić information content (AvgIpc) is 3.51. The minimum Gasteiger partial charge on any atom is -0.508 e. The molecule has 0 saturated carbocycles. The lowest BCUT2D eigenvalue weighted by Crippen LogP contribution is -2.58. The molecule has 0 bridgehead atoms. The van der Waals surface area contributed by atoms with Gasteiger partial charge in [0.1, 0.15) is 23.9 Å². The molecule has 6 N–H and O–H groups in total. The minimum absolute atomic E-state index is 0.0101. The summed E-state index contributed by atoms with van der Waals surface area (Å²) in [6.07, 6.45) is 1.40. The molecule has 2 aliphatic heterocycles. The van der Waals surface area contributed by atoms with Gasteiger partial charge in [0, 0.05) is 13.0 Å². The molecule has 0 spiro atoms. The Hall–Kier alpha value is -3.67. The molecule has 1 aromatic rings. The van der Waals surface area contributed by atoms with E-state index in [0.717, 1.165) is 6.42 Å². The third-order valence-electron chi connectivity index (χ3n) is 6.20. The fourth-order valence-corrected chi connectivity index (χ4v) is 4.39. The van der Waals surface area contributed by atoms with Gasteiger partial charge in [-0.3, -0.25) is 19.2 Å². The van der Waals surface area contributed by atoms with Crippen molar-refractivity contribution in [1.82, 2.24) is 20.9 Å². The largest absolute Gasteiger partial charge is 0.508 e. The highest BCUT2D eigenvalue weighted by Crippen LogP contribution is 2.20. The van der Waals surface area contributed by atoms with E-state index in [-0.39, 0.29) is 25.1 Å². The van der Waals surface area contributed by atoms with Gasteiger partial charge in [-0.15, -0.1) is 0 Å². The smallest absolute Gasteiger partial charge is 0.326 e. The van der Waals surface area contributed by atoms with Crippen molar-refractivity contribution in [3.8, 4) is 5.75 Å². The SMILES string of the molecule is O=C(O)CC(NC(=O)C1CCCN1)C(=O)NC(Cc1ccc(O)cc1)C(=O)N1CCCC1C(=O)O. The van der Waals surface area contributed by atoms with E-state index < -0.39 is 60.2 Å². The second kappa shape index (κ2) is 11.6. The highest BCUT2D eigenvalue weighted by molar-refractivity contribution is 5.96. The quantitative estimate of drug-likeness (QED) is 0.244. The minimum atomic E-state index is -1.42. The van der Waals surface area contributed by atoms with Crippen LogP contribution in [0.15, 0.2) is 24.3 Å². The Balaban J connectivity index is 1.80. The van der Waals surface area contributed by atoms with Crippen molar-refractivity contribution in [2.75, 3.05) is 13.1 Å². The number of aromatic hydroxyl groups is 1. The zero-order valence-electron chi connectivity index (χ0n) is 19.1. The van der Waals surface area contributed by atoms with E-state index in [2.05, 4.69) is 16.0 Å².